The molecule has 0 aliphatic heterocycles. The van der Waals surface area contributed by atoms with Crippen molar-refractivity contribution in [3.05, 3.63) is 0 Å². The van der Waals surface area contributed by atoms with E-state index in [0.29, 0.717) is 13.0 Å². The minimum absolute atomic E-state index is 0.354. The second-order valence-corrected chi connectivity index (χ2v) is 4.91. The highest BCUT2D eigenvalue weighted by molar-refractivity contribution is 8.14. The van der Waals surface area contributed by atoms with Crippen molar-refractivity contribution in [1.29, 1.82) is 0 Å². The summed E-state index contributed by atoms with van der Waals surface area (Å²) in [5, 5.41) is -0.524. The van der Waals surface area contributed by atoms with Crippen LogP contribution in [0.15, 0.2) is 0 Å². The van der Waals surface area contributed by atoms with E-state index in [1.807, 2.05) is 0 Å². The highest BCUT2D eigenvalue weighted by atomic mass is 35.7. The molecule has 0 amide bonds. The Hall–Kier alpha value is 0.200. The lowest BCUT2D eigenvalue weighted by Crippen LogP contribution is -2.16. The summed E-state index contributed by atoms with van der Waals surface area (Å²) in [7, 11) is 1.61. The fourth-order valence-electron chi connectivity index (χ4n) is 0.375. The quantitative estimate of drug-likeness (QED) is 0.622. The lowest BCUT2D eigenvalue weighted by atomic mass is 10.3. The molecule has 9 heavy (non-hydrogen) atoms. The van der Waals surface area contributed by atoms with Crippen LogP contribution in [0.4, 0.5) is 0 Å². The number of nitrogens with two attached hydrogens (primary N) is 1. The average molecular weight is 172 g/mol. The van der Waals surface area contributed by atoms with Gasteiger partial charge in [0.05, 0.1) is 5.25 Å². The number of halogens is 1. The number of hydrogen-bond acceptors (Lipinski definition) is 3. The van der Waals surface area contributed by atoms with E-state index in [9.17, 15) is 8.42 Å². The number of hydrogen-bond donors (Lipinski definition) is 1. The van der Waals surface area contributed by atoms with Crippen molar-refractivity contribution < 1.29 is 8.42 Å². The van der Waals surface area contributed by atoms with Crippen LogP contribution >= 0.6 is 10.7 Å². The molecule has 0 aromatic carbocycles. The van der Waals surface area contributed by atoms with Crippen LogP contribution in [-0.4, -0.2) is 20.2 Å². The van der Waals surface area contributed by atoms with E-state index in [0.717, 1.165) is 0 Å². The van der Waals surface area contributed by atoms with Crippen molar-refractivity contribution in [2.45, 2.75) is 18.6 Å². The molecular weight excluding hydrogens is 162 g/mol. The first-order valence-electron chi connectivity index (χ1n) is 2.62. The van der Waals surface area contributed by atoms with E-state index < -0.39 is 14.3 Å². The minimum Gasteiger partial charge on any atom is -0.330 e. The summed E-state index contributed by atoms with van der Waals surface area (Å²) in [5.41, 5.74) is 5.10. The first-order chi connectivity index (χ1) is 3.98. The summed E-state index contributed by atoms with van der Waals surface area (Å²) in [4.78, 5) is 0. The average Bonchev–Trinajstić information content (AvgIpc) is 1.64. The summed E-state index contributed by atoms with van der Waals surface area (Å²) in [6.45, 7) is 1.89. The molecular formula is C4H10ClNO2S. The van der Waals surface area contributed by atoms with Gasteiger partial charge in [-0.15, -0.1) is 0 Å². The second kappa shape index (κ2) is 3.39. The third-order valence-electron chi connectivity index (χ3n) is 1.05. The van der Waals surface area contributed by atoms with Crippen LogP contribution in [0.2, 0.25) is 0 Å². The summed E-state index contributed by atoms with van der Waals surface area (Å²) in [6, 6.07) is 0. The van der Waals surface area contributed by atoms with Crippen LogP contribution in [0.25, 0.3) is 0 Å². The summed E-state index contributed by atoms with van der Waals surface area (Å²) >= 11 is 0. The van der Waals surface area contributed by atoms with Gasteiger partial charge in [0.15, 0.2) is 0 Å². The van der Waals surface area contributed by atoms with Crippen LogP contribution in [0.5, 0.6) is 0 Å². The van der Waals surface area contributed by atoms with Crippen LogP contribution < -0.4 is 5.73 Å². The normalized spacial score (nSPS) is 15.4. The topological polar surface area (TPSA) is 60.2 Å². The van der Waals surface area contributed by atoms with Crippen molar-refractivity contribution in [2.75, 3.05) is 6.54 Å². The molecule has 56 valence electrons. The van der Waals surface area contributed by atoms with Crippen LogP contribution in [0.1, 0.15) is 13.3 Å². The van der Waals surface area contributed by atoms with Crippen molar-refractivity contribution in [3.8, 4) is 0 Å². The molecule has 0 aromatic heterocycles. The summed E-state index contributed by atoms with van der Waals surface area (Å²) in [5.74, 6) is 0. The maximum atomic E-state index is 10.4. The molecule has 0 saturated carbocycles. The largest absolute Gasteiger partial charge is 0.330 e. The molecule has 5 heteroatoms. The zero-order chi connectivity index (χ0) is 7.49. The first-order valence-corrected chi connectivity index (χ1v) is 4.99. The van der Waals surface area contributed by atoms with Crippen molar-refractivity contribution in [2.24, 2.45) is 5.73 Å². The van der Waals surface area contributed by atoms with Gasteiger partial charge in [-0.25, -0.2) is 8.42 Å². The van der Waals surface area contributed by atoms with Gasteiger partial charge in [-0.1, -0.05) is 0 Å². The molecule has 0 spiro atoms. The highest BCUT2D eigenvalue weighted by Crippen LogP contribution is 2.08. The minimum atomic E-state index is -3.37. The van der Waals surface area contributed by atoms with Crippen molar-refractivity contribution >= 4 is 19.7 Å². The number of rotatable bonds is 3. The zero-order valence-corrected chi connectivity index (χ0v) is 6.74. The van der Waals surface area contributed by atoms with E-state index >= 15 is 0 Å². The Morgan fingerprint density at radius 2 is 2.11 bits per heavy atom. The lowest BCUT2D eigenvalue weighted by molar-refractivity contribution is 0.593. The maximum absolute atomic E-state index is 10.4. The Balaban J connectivity index is 3.90. The predicted octanol–water partition coefficient (Wildman–Crippen LogP) is 0.292. The molecule has 0 aliphatic carbocycles. The lowest BCUT2D eigenvalue weighted by Gasteiger charge is -2.02. The van der Waals surface area contributed by atoms with Gasteiger partial charge in [0.1, 0.15) is 0 Å². The molecule has 0 bridgehead atoms. The van der Waals surface area contributed by atoms with E-state index in [2.05, 4.69) is 0 Å². The Kier molecular flexibility index (Phi) is 3.46. The molecule has 0 saturated heterocycles. The van der Waals surface area contributed by atoms with Gasteiger partial charge in [-0.05, 0) is 19.9 Å². The molecule has 0 radical (unpaired) electrons. The standard InChI is InChI=1S/C4H10ClNO2S/c1-4(2-3-6)9(5,7)8/h4H,2-3,6H2,1H3. The van der Waals surface area contributed by atoms with E-state index in [1.54, 1.807) is 0 Å². The molecule has 0 fully saturated rings. The SMILES string of the molecule is CC(CCN)S(=O)(=O)Cl. The summed E-state index contributed by atoms with van der Waals surface area (Å²) in [6.07, 6.45) is 0.422. The third kappa shape index (κ3) is 3.72. The van der Waals surface area contributed by atoms with Gasteiger partial charge in [-0.2, -0.15) is 0 Å². The van der Waals surface area contributed by atoms with Crippen LogP contribution in [0, 0.1) is 0 Å². The molecule has 1 atom stereocenters. The van der Waals surface area contributed by atoms with Gasteiger partial charge < -0.3 is 5.73 Å². The van der Waals surface area contributed by atoms with Gasteiger partial charge in [-0.3, -0.25) is 0 Å². The molecule has 1 unspecified atom stereocenters. The molecule has 2 N–H and O–H groups in total. The van der Waals surface area contributed by atoms with Gasteiger partial charge in [0.2, 0.25) is 9.05 Å². The fraction of sp³-hybridized carbons (Fsp3) is 1.00. The molecule has 0 aromatic rings. The summed E-state index contributed by atoms with van der Waals surface area (Å²) < 4.78 is 20.9. The van der Waals surface area contributed by atoms with E-state index in [4.69, 9.17) is 16.4 Å². The highest BCUT2D eigenvalue weighted by Gasteiger charge is 2.15. The van der Waals surface area contributed by atoms with E-state index in [1.165, 1.54) is 6.92 Å². The van der Waals surface area contributed by atoms with Gasteiger partial charge in [0.25, 0.3) is 0 Å². The first kappa shape index (κ1) is 9.20. The van der Waals surface area contributed by atoms with Crippen molar-refractivity contribution in [3.63, 3.8) is 0 Å². The molecule has 0 rings (SSSR count). The predicted molar refractivity (Wildman–Crippen MR) is 37.9 cm³/mol. The van der Waals surface area contributed by atoms with Gasteiger partial charge in [0, 0.05) is 10.7 Å². The molecule has 3 nitrogen and oxygen atoms in total. The second-order valence-electron chi connectivity index (χ2n) is 1.86. The Morgan fingerprint density at radius 1 is 1.67 bits per heavy atom. The smallest absolute Gasteiger partial charge is 0.235 e. The van der Waals surface area contributed by atoms with Crippen molar-refractivity contribution in [1.82, 2.24) is 0 Å². The van der Waals surface area contributed by atoms with Crippen LogP contribution in [0.3, 0.4) is 0 Å². The molecule has 0 aliphatic rings. The Labute approximate surface area is 59.6 Å². The zero-order valence-electron chi connectivity index (χ0n) is 5.17. The van der Waals surface area contributed by atoms with E-state index in [-0.39, 0.29) is 0 Å². The van der Waals surface area contributed by atoms with Crippen LogP contribution in [-0.2, 0) is 9.05 Å². The fourth-order valence-corrected chi connectivity index (χ4v) is 1.06. The Bertz CT molecular complexity index is 165. The molecule has 0 heterocycles. The Morgan fingerprint density at radius 3 is 2.22 bits per heavy atom. The maximum Gasteiger partial charge on any atom is 0.235 e. The third-order valence-corrected chi connectivity index (χ3v) is 3.16. The van der Waals surface area contributed by atoms with Gasteiger partial charge >= 0.3 is 0 Å². The monoisotopic (exact) mass is 171 g/mol.